The van der Waals surface area contributed by atoms with Gasteiger partial charge in [-0.15, -0.1) is 0 Å². The SMILES string of the molecule is Cc1ccc(S(=O)(=O)O)cc1.Fc1ccc(CC2CC3(CNC3)C2)cc1F. The van der Waals surface area contributed by atoms with Gasteiger partial charge in [-0.05, 0) is 67.3 Å². The summed E-state index contributed by atoms with van der Waals surface area (Å²) >= 11 is 0. The van der Waals surface area contributed by atoms with Gasteiger partial charge in [-0.1, -0.05) is 23.8 Å². The molecule has 0 radical (unpaired) electrons. The Labute approximate surface area is 158 Å². The van der Waals surface area contributed by atoms with Gasteiger partial charge >= 0.3 is 0 Å². The van der Waals surface area contributed by atoms with Crippen LogP contribution in [0.4, 0.5) is 8.78 Å². The van der Waals surface area contributed by atoms with Gasteiger partial charge in [-0.3, -0.25) is 4.55 Å². The van der Waals surface area contributed by atoms with Crippen molar-refractivity contribution in [3.63, 3.8) is 0 Å². The van der Waals surface area contributed by atoms with Gasteiger partial charge in [0.05, 0.1) is 4.90 Å². The average Bonchev–Trinajstić information content (AvgIpc) is 2.52. The number of halogens is 2. The lowest BCUT2D eigenvalue weighted by atomic mass is 9.57. The fourth-order valence-electron chi connectivity index (χ4n) is 3.79. The van der Waals surface area contributed by atoms with Crippen LogP contribution in [0.25, 0.3) is 0 Å². The Kier molecular flexibility index (Phi) is 5.65. The third-order valence-corrected chi connectivity index (χ3v) is 6.14. The predicted octanol–water partition coefficient (Wildman–Crippen LogP) is 3.75. The van der Waals surface area contributed by atoms with Crippen molar-refractivity contribution in [2.45, 2.75) is 31.1 Å². The van der Waals surface area contributed by atoms with Gasteiger partial charge in [0.2, 0.25) is 0 Å². The van der Waals surface area contributed by atoms with Crippen LogP contribution in [0.5, 0.6) is 0 Å². The van der Waals surface area contributed by atoms with E-state index in [0.29, 0.717) is 11.3 Å². The second-order valence-corrected chi connectivity index (χ2v) is 9.04. The normalized spacial score (nSPS) is 18.2. The van der Waals surface area contributed by atoms with Crippen LogP contribution in [0.15, 0.2) is 47.4 Å². The highest BCUT2D eigenvalue weighted by atomic mass is 32.2. The summed E-state index contributed by atoms with van der Waals surface area (Å²) in [6, 6.07) is 10.2. The minimum absolute atomic E-state index is 0.0666. The summed E-state index contributed by atoms with van der Waals surface area (Å²) in [5, 5.41) is 3.30. The first-order chi connectivity index (χ1) is 12.7. The maximum absolute atomic E-state index is 13.0. The van der Waals surface area contributed by atoms with E-state index in [1.54, 1.807) is 18.2 Å². The molecule has 1 aliphatic carbocycles. The van der Waals surface area contributed by atoms with E-state index in [9.17, 15) is 17.2 Å². The Balaban J connectivity index is 0.000000168. The molecule has 1 heterocycles. The van der Waals surface area contributed by atoms with Crippen molar-refractivity contribution in [2.24, 2.45) is 11.3 Å². The molecule has 4 nitrogen and oxygen atoms in total. The molecule has 2 N–H and O–H groups in total. The van der Waals surface area contributed by atoms with Gasteiger partial charge in [-0.2, -0.15) is 8.42 Å². The zero-order valence-corrected chi connectivity index (χ0v) is 15.9. The summed E-state index contributed by atoms with van der Waals surface area (Å²) in [7, 11) is -4.02. The fraction of sp³-hybridized carbons (Fsp3) is 0.400. The molecule has 0 unspecified atom stereocenters. The van der Waals surface area contributed by atoms with Crippen LogP contribution < -0.4 is 5.32 Å². The monoisotopic (exact) mass is 395 g/mol. The molecule has 1 saturated carbocycles. The number of hydrogen-bond donors (Lipinski definition) is 2. The molecule has 2 aliphatic rings. The first-order valence-electron chi connectivity index (χ1n) is 8.86. The Morgan fingerprint density at radius 1 is 1.07 bits per heavy atom. The molecule has 1 saturated heterocycles. The molecule has 0 bridgehead atoms. The first kappa shape index (κ1) is 19.9. The molecule has 2 fully saturated rings. The van der Waals surface area contributed by atoms with Crippen LogP contribution >= 0.6 is 0 Å². The minimum Gasteiger partial charge on any atom is -0.316 e. The Bertz CT molecular complexity index is 901. The summed E-state index contributed by atoms with van der Waals surface area (Å²) in [4.78, 5) is -0.0666. The lowest BCUT2D eigenvalue weighted by Crippen LogP contribution is -2.60. The lowest BCUT2D eigenvalue weighted by molar-refractivity contribution is 0.000860. The molecule has 2 aromatic carbocycles. The number of benzene rings is 2. The Morgan fingerprint density at radius 3 is 2.19 bits per heavy atom. The van der Waals surface area contributed by atoms with Crippen LogP contribution in [0, 0.1) is 29.9 Å². The van der Waals surface area contributed by atoms with Crippen LogP contribution in [0.3, 0.4) is 0 Å². The quantitative estimate of drug-likeness (QED) is 0.777. The smallest absolute Gasteiger partial charge is 0.294 e. The topological polar surface area (TPSA) is 66.4 Å². The van der Waals surface area contributed by atoms with E-state index < -0.39 is 21.8 Å². The number of aryl methyl sites for hydroxylation is 1. The third-order valence-electron chi connectivity index (χ3n) is 5.27. The zero-order chi connectivity index (χ0) is 19.7. The second-order valence-electron chi connectivity index (χ2n) is 7.62. The third kappa shape index (κ3) is 4.91. The van der Waals surface area contributed by atoms with Crippen LogP contribution in [0.1, 0.15) is 24.0 Å². The summed E-state index contributed by atoms with van der Waals surface area (Å²) in [6.45, 7) is 4.12. The number of nitrogens with one attached hydrogen (secondary N) is 1. The van der Waals surface area contributed by atoms with E-state index in [-0.39, 0.29) is 4.90 Å². The van der Waals surface area contributed by atoms with E-state index in [2.05, 4.69) is 5.32 Å². The molecule has 0 amide bonds. The van der Waals surface area contributed by atoms with Gasteiger partial charge < -0.3 is 5.32 Å². The molecular formula is C20H23F2NO3S. The van der Waals surface area contributed by atoms with Gasteiger partial charge in [0, 0.05) is 13.1 Å². The molecule has 1 aliphatic heterocycles. The zero-order valence-electron chi connectivity index (χ0n) is 15.1. The minimum atomic E-state index is -4.02. The number of hydrogen-bond acceptors (Lipinski definition) is 3. The molecule has 27 heavy (non-hydrogen) atoms. The van der Waals surface area contributed by atoms with Crippen molar-refractivity contribution in [1.29, 1.82) is 0 Å². The maximum atomic E-state index is 13.0. The predicted molar refractivity (Wildman–Crippen MR) is 99.1 cm³/mol. The summed E-state index contributed by atoms with van der Waals surface area (Å²) in [6.07, 6.45) is 3.36. The maximum Gasteiger partial charge on any atom is 0.294 e. The van der Waals surface area contributed by atoms with E-state index in [1.807, 2.05) is 6.92 Å². The van der Waals surface area contributed by atoms with Crippen molar-refractivity contribution < 1.29 is 21.8 Å². The van der Waals surface area contributed by atoms with Gasteiger partial charge in [-0.25, -0.2) is 8.78 Å². The lowest BCUT2D eigenvalue weighted by Gasteiger charge is -2.54. The molecule has 0 aromatic heterocycles. The summed E-state index contributed by atoms with van der Waals surface area (Å²) < 4.78 is 55.3. The highest BCUT2D eigenvalue weighted by molar-refractivity contribution is 7.85. The molecule has 146 valence electrons. The van der Waals surface area contributed by atoms with Crippen molar-refractivity contribution in [2.75, 3.05) is 13.1 Å². The highest BCUT2D eigenvalue weighted by Gasteiger charge is 2.47. The highest BCUT2D eigenvalue weighted by Crippen LogP contribution is 2.49. The van der Waals surface area contributed by atoms with Gasteiger partial charge in [0.1, 0.15) is 0 Å². The van der Waals surface area contributed by atoms with Crippen molar-refractivity contribution >= 4 is 10.1 Å². The first-order valence-corrected chi connectivity index (χ1v) is 10.3. The molecule has 4 rings (SSSR count). The standard InChI is InChI=1S/C13H15F2N.C7H8O3S/c14-11-2-1-9(4-12(11)15)3-10-5-13(6-10)7-16-8-13;1-6-2-4-7(5-3-6)11(8,9)10/h1-2,4,10,16H,3,5-8H2;2-5H,1H3,(H,8,9,10). The van der Waals surface area contributed by atoms with E-state index >= 15 is 0 Å². The fourth-order valence-corrected chi connectivity index (χ4v) is 4.27. The molecule has 1 spiro atoms. The van der Waals surface area contributed by atoms with E-state index in [4.69, 9.17) is 4.55 Å². The molecule has 7 heteroatoms. The van der Waals surface area contributed by atoms with Crippen molar-refractivity contribution in [3.05, 3.63) is 65.2 Å². The number of rotatable bonds is 3. The van der Waals surface area contributed by atoms with Gasteiger partial charge in [0.25, 0.3) is 10.1 Å². The molecule has 2 aromatic rings. The van der Waals surface area contributed by atoms with Crippen LogP contribution in [-0.2, 0) is 16.5 Å². The van der Waals surface area contributed by atoms with Crippen molar-refractivity contribution in [3.8, 4) is 0 Å². The van der Waals surface area contributed by atoms with Gasteiger partial charge in [0.15, 0.2) is 11.6 Å². The molecular weight excluding hydrogens is 372 g/mol. The van der Waals surface area contributed by atoms with Crippen molar-refractivity contribution in [1.82, 2.24) is 5.32 Å². The second kappa shape index (κ2) is 7.66. The van der Waals surface area contributed by atoms with E-state index in [0.717, 1.165) is 30.6 Å². The van der Waals surface area contributed by atoms with Crippen LogP contribution in [-0.4, -0.2) is 26.1 Å². The largest absolute Gasteiger partial charge is 0.316 e. The Morgan fingerprint density at radius 2 is 1.70 bits per heavy atom. The van der Waals surface area contributed by atoms with Crippen LogP contribution in [0.2, 0.25) is 0 Å². The average molecular weight is 395 g/mol. The molecule has 0 atom stereocenters. The Hall–Kier alpha value is -1.83. The summed E-state index contributed by atoms with van der Waals surface area (Å²) in [5.41, 5.74) is 2.44. The van der Waals surface area contributed by atoms with E-state index in [1.165, 1.54) is 37.1 Å². The summed E-state index contributed by atoms with van der Waals surface area (Å²) in [5.74, 6) is -0.819.